The number of fused-ring (bicyclic) bond motifs is 1. The van der Waals surface area contributed by atoms with Gasteiger partial charge < -0.3 is 4.74 Å². The monoisotopic (exact) mass is 318 g/mol. The number of aryl methyl sites for hydroxylation is 1. The normalized spacial score (nSPS) is 15.8. The molecule has 0 fully saturated rings. The average Bonchev–Trinajstić information content (AvgIpc) is 2.53. The zero-order valence-corrected chi connectivity index (χ0v) is 14.6. The number of ether oxygens (including phenoxy) is 1. The van der Waals surface area contributed by atoms with Crippen LogP contribution in [0.3, 0.4) is 0 Å². The van der Waals surface area contributed by atoms with Crippen molar-refractivity contribution in [1.82, 2.24) is 10.0 Å². The number of rotatable bonds is 5. The fraction of sp³-hybridized carbons (Fsp3) is 0.556. The van der Waals surface area contributed by atoms with Gasteiger partial charge in [-0.05, 0) is 69.2 Å². The molecule has 1 aromatic heterocycles. The molecule has 0 aliphatic carbocycles. The van der Waals surface area contributed by atoms with Crippen molar-refractivity contribution in [3.8, 4) is 0 Å². The van der Waals surface area contributed by atoms with Gasteiger partial charge in [0, 0.05) is 13.3 Å². The molecule has 23 heavy (non-hydrogen) atoms. The molecule has 126 valence electrons. The van der Waals surface area contributed by atoms with Crippen LogP contribution in [-0.4, -0.2) is 40.4 Å². The summed E-state index contributed by atoms with van der Waals surface area (Å²) < 4.78 is 5.51. The fourth-order valence-electron chi connectivity index (χ4n) is 2.93. The van der Waals surface area contributed by atoms with Gasteiger partial charge in [0.1, 0.15) is 5.69 Å². The van der Waals surface area contributed by atoms with Gasteiger partial charge in [-0.2, -0.15) is 0 Å². The number of hydrogen-bond donors (Lipinski definition) is 1. The minimum absolute atomic E-state index is 0.188. The lowest BCUT2D eigenvalue weighted by Crippen LogP contribution is -2.36. The number of hydrogen-bond acceptors (Lipinski definition) is 4. The van der Waals surface area contributed by atoms with E-state index in [1.165, 1.54) is 5.57 Å². The third-order valence-electron chi connectivity index (χ3n) is 4.60. The Morgan fingerprint density at radius 1 is 1.52 bits per heavy atom. The van der Waals surface area contributed by atoms with Gasteiger partial charge in [0.15, 0.2) is 0 Å². The Hall–Kier alpha value is -1.72. The molecule has 1 amide bonds. The Kier molecular flexibility index (Phi) is 5.22. The van der Waals surface area contributed by atoms with Crippen molar-refractivity contribution in [2.45, 2.75) is 52.6 Å². The van der Waals surface area contributed by atoms with E-state index in [1.54, 1.807) is 13.3 Å². The van der Waals surface area contributed by atoms with Gasteiger partial charge in [0.25, 0.3) is 5.91 Å². The van der Waals surface area contributed by atoms with Gasteiger partial charge in [-0.1, -0.05) is 6.08 Å². The first-order valence-corrected chi connectivity index (χ1v) is 8.00. The second-order valence-electron chi connectivity index (χ2n) is 6.60. The highest BCUT2D eigenvalue weighted by atomic mass is 16.5. The van der Waals surface area contributed by atoms with Crippen molar-refractivity contribution in [2.24, 2.45) is 0 Å². The third-order valence-corrected chi connectivity index (χ3v) is 4.60. The van der Waals surface area contributed by atoms with Crippen LogP contribution in [-0.2, 0) is 11.2 Å². The molecular formula is C18H26N2O3. The molecule has 1 N–H and O–H groups in total. The van der Waals surface area contributed by atoms with E-state index in [0.717, 1.165) is 34.6 Å². The maximum atomic E-state index is 12.1. The summed E-state index contributed by atoms with van der Waals surface area (Å²) in [5.41, 5.74) is 4.49. The maximum absolute atomic E-state index is 12.1. The first kappa shape index (κ1) is 17.6. The van der Waals surface area contributed by atoms with Crippen molar-refractivity contribution in [2.75, 3.05) is 13.7 Å². The van der Waals surface area contributed by atoms with Crippen LogP contribution in [0.5, 0.6) is 0 Å². The highest BCUT2D eigenvalue weighted by Crippen LogP contribution is 2.32. The Labute approximate surface area is 137 Å². The van der Waals surface area contributed by atoms with Gasteiger partial charge in [0.2, 0.25) is 0 Å². The molecule has 0 saturated carbocycles. The molecule has 2 heterocycles. The molecule has 5 heteroatoms. The van der Waals surface area contributed by atoms with Crippen LogP contribution in [0.4, 0.5) is 0 Å². The van der Waals surface area contributed by atoms with Crippen molar-refractivity contribution < 1.29 is 14.7 Å². The molecule has 0 unspecified atom stereocenters. The first-order valence-electron chi connectivity index (χ1n) is 8.00. The fourth-order valence-corrected chi connectivity index (χ4v) is 2.93. The van der Waals surface area contributed by atoms with Crippen LogP contribution in [0.15, 0.2) is 12.3 Å². The van der Waals surface area contributed by atoms with E-state index < -0.39 is 5.91 Å². The number of methoxy groups -OCH3 is 1. The molecule has 0 saturated heterocycles. The third kappa shape index (κ3) is 3.62. The molecular weight excluding hydrogens is 292 g/mol. The summed E-state index contributed by atoms with van der Waals surface area (Å²) in [7, 11) is 1.73. The molecule has 1 aromatic rings. The highest BCUT2D eigenvalue weighted by molar-refractivity contribution is 5.95. The minimum Gasteiger partial charge on any atom is -0.379 e. The van der Waals surface area contributed by atoms with Crippen LogP contribution >= 0.6 is 0 Å². The molecule has 0 atom stereocenters. The van der Waals surface area contributed by atoms with Gasteiger partial charge in [0.05, 0.1) is 12.1 Å². The number of amides is 1. The summed E-state index contributed by atoms with van der Waals surface area (Å²) in [5, 5.41) is 10.4. The molecule has 0 spiro atoms. The average molecular weight is 318 g/mol. The quantitative estimate of drug-likeness (QED) is 0.845. The lowest BCUT2D eigenvalue weighted by molar-refractivity contribution is -0.0607. The maximum Gasteiger partial charge on any atom is 0.296 e. The molecule has 0 bridgehead atoms. The van der Waals surface area contributed by atoms with Gasteiger partial charge in [-0.25, -0.2) is 5.06 Å². The predicted octanol–water partition coefficient (Wildman–Crippen LogP) is 3.39. The van der Waals surface area contributed by atoms with Crippen molar-refractivity contribution >= 4 is 11.5 Å². The highest BCUT2D eigenvalue weighted by Gasteiger charge is 2.28. The van der Waals surface area contributed by atoms with E-state index >= 15 is 0 Å². The van der Waals surface area contributed by atoms with Crippen molar-refractivity contribution in [3.05, 3.63) is 34.7 Å². The van der Waals surface area contributed by atoms with Crippen LogP contribution in [0, 0.1) is 6.92 Å². The lowest BCUT2D eigenvalue weighted by Gasteiger charge is -2.27. The van der Waals surface area contributed by atoms with Crippen LogP contribution < -0.4 is 0 Å². The molecule has 0 aromatic carbocycles. The summed E-state index contributed by atoms with van der Waals surface area (Å²) >= 11 is 0. The number of aromatic nitrogens is 1. The van der Waals surface area contributed by atoms with E-state index in [0.29, 0.717) is 18.7 Å². The second-order valence-corrected chi connectivity index (χ2v) is 6.60. The number of nitrogens with zero attached hydrogens (tertiary/aromatic N) is 2. The van der Waals surface area contributed by atoms with E-state index in [-0.39, 0.29) is 5.60 Å². The molecule has 0 radical (unpaired) electrons. The largest absolute Gasteiger partial charge is 0.379 e. The number of carbonyl (C=O) groups is 1. The minimum atomic E-state index is -0.417. The predicted molar refractivity (Wildman–Crippen MR) is 89.5 cm³/mol. The van der Waals surface area contributed by atoms with E-state index in [2.05, 4.69) is 24.9 Å². The number of pyridine rings is 1. The molecule has 5 nitrogen and oxygen atoms in total. The van der Waals surface area contributed by atoms with Crippen LogP contribution in [0.25, 0.3) is 5.57 Å². The van der Waals surface area contributed by atoms with Crippen molar-refractivity contribution in [3.63, 3.8) is 0 Å². The Bertz CT molecular complexity index is 635. The number of carbonyl (C=O) groups excluding carboxylic acids is 1. The molecule has 1 aliphatic rings. The SMILES string of the molecule is C/C=C(/CCC(C)(C)OC)c1c(C)cnc2c1CCN(O)C2=O. The van der Waals surface area contributed by atoms with E-state index in [9.17, 15) is 10.0 Å². The molecule has 1 aliphatic heterocycles. The zero-order chi connectivity index (χ0) is 17.2. The standard InChI is InChI=1S/C18H26N2O3/c1-6-13(7-9-18(3,4)23-5)15-12(2)11-19-16-14(15)8-10-20(22)17(16)21/h6,11,22H,7-10H2,1-5H3/b13-6-. The Morgan fingerprint density at radius 2 is 2.22 bits per heavy atom. The molecule has 2 rings (SSSR count). The second kappa shape index (κ2) is 6.81. The summed E-state index contributed by atoms with van der Waals surface area (Å²) in [5.74, 6) is -0.417. The van der Waals surface area contributed by atoms with Crippen LogP contribution in [0.2, 0.25) is 0 Å². The first-order chi connectivity index (χ1) is 10.8. The summed E-state index contributed by atoms with van der Waals surface area (Å²) in [6.45, 7) is 8.49. The topological polar surface area (TPSA) is 62.7 Å². The van der Waals surface area contributed by atoms with E-state index in [4.69, 9.17) is 4.74 Å². The number of allylic oxidation sites excluding steroid dienone is 2. The number of hydroxylamine groups is 2. The summed E-state index contributed by atoms with van der Waals surface area (Å²) in [6.07, 6.45) is 6.19. The zero-order valence-electron chi connectivity index (χ0n) is 14.6. The smallest absolute Gasteiger partial charge is 0.296 e. The van der Waals surface area contributed by atoms with Gasteiger partial charge in [-0.15, -0.1) is 0 Å². The van der Waals surface area contributed by atoms with Gasteiger partial charge >= 0.3 is 0 Å². The lowest BCUT2D eigenvalue weighted by atomic mass is 9.87. The summed E-state index contributed by atoms with van der Waals surface area (Å²) in [4.78, 5) is 16.4. The Morgan fingerprint density at radius 3 is 2.83 bits per heavy atom. The van der Waals surface area contributed by atoms with Gasteiger partial charge in [-0.3, -0.25) is 15.0 Å². The summed E-state index contributed by atoms with van der Waals surface area (Å²) in [6, 6.07) is 0. The van der Waals surface area contributed by atoms with Crippen LogP contribution in [0.1, 0.15) is 60.8 Å². The Balaban J connectivity index is 2.40. The van der Waals surface area contributed by atoms with Crippen molar-refractivity contribution in [1.29, 1.82) is 0 Å². The van der Waals surface area contributed by atoms with E-state index in [1.807, 2.05) is 13.8 Å².